The normalized spacial score (nSPS) is 12.6. The van der Waals surface area contributed by atoms with Gasteiger partial charge in [0.1, 0.15) is 0 Å². The van der Waals surface area contributed by atoms with Crippen LogP contribution in [-0.2, 0) is 19.9 Å². The third-order valence-electron chi connectivity index (χ3n) is 2.54. The average molecular weight is 216 g/mol. The summed E-state index contributed by atoms with van der Waals surface area (Å²) in [5.41, 5.74) is 2.24. The van der Waals surface area contributed by atoms with Crippen molar-refractivity contribution in [3.05, 3.63) is 53.9 Å². The fourth-order valence-corrected chi connectivity index (χ4v) is 1.81. The molecule has 3 nitrogen and oxygen atoms in total. The largest absolute Gasteiger partial charge is 0.392 e. The molecular formula is C13H16N2O. The first-order valence-electron chi connectivity index (χ1n) is 5.43. The van der Waals surface area contributed by atoms with E-state index in [1.807, 2.05) is 43.6 Å². The fraction of sp³-hybridized carbons (Fsp3) is 0.308. The minimum absolute atomic E-state index is 0.341. The number of rotatable bonds is 4. The zero-order valence-corrected chi connectivity index (χ0v) is 9.37. The molecule has 0 aliphatic rings. The summed E-state index contributed by atoms with van der Waals surface area (Å²) in [5, 5.41) is 14.0. The molecule has 1 N–H and O–H groups in total. The second-order valence-electron chi connectivity index (χ2n) is 4.07. The van der Waals surface area contributed by atoms with E-state index in [2.05, 4.69) is 5.10 Å². The maximum Gasteiger partial charge on any atom is 0.0622 e. The molecule has 2 rings (SSSR count). The Balaban J connectivity index is 1.92. The first kappa shape index (κ1) is 10.9. The fourth-order valence-electron chi connectivity index (χ4n) is 1.81. The van der Waals surface area contributed by atoms with Crippen molar-refractivity contribution in [3.63, 3.8) is 0 Å². The molecule has 84 valence electrons. The smallest absolute Gasteiger partial charge is 0.0622 e. The highest BCUT2D eigenvalue weighted by atomic mass is 16.3. The Morgan fingerprint density at radius 3 is 2.50 bits per heavy atom. The number of hydrogen-bond acceptors (Lipinski definition) is 2. The Kier molecular flexibility index (Phi) is 3.37. The molecule has 3 heteroatoms. The van der Waals surface area contributed by atoms with Crippen LogP contribution in [-0.4, -0.2) is 21.0 Å². The van der Waals surface area contributed by atoms with Gasteiger partial charge in [0, 0.05) is 19.7 Å². The summed E-state index contributed by atoms with van der Waals surface area (Å²) in [6.45, 7) is 0. The molecule has 0 aliphatic heterocycles. The van der Waals surface area contributed by atoms with Crippen LogP contribution in [0.5, 0.6) is 0 Å². The van der Waals surface area contributed by atoms with E-state index in [4.69, 9.17) is 0 Å². The molecule has 1 aromatic heterocycles. The van der Waals surface area contributed by atoms with E-state index in [1.54, 1.807) is 10.9 Å². The lowest BCUT2D eigenvalue weighted by atomic mass is 10.0. The number of aliphatic hydroxyl groups excluding tert-OH is 1. The number of hydrogen-bond donors (Lipinski definition) is 1. The Morgan fingerprint density at radius 1 is 1.19 bits per heavy atom. The molecule has 1 atom stereocenters. The second-order valence-corrected chi connectivity index (χ2v) is 4.07. The van der Waals surface area contributed by atoms with Crippen LogP contribution in [0.4, 0.5) is 0 Å². The van der Waals surface area contributed by atoms with Gasteiger partial charge >= 0.3 is 0 Å². The van der Waals surface area contributed by atoms with E-state index < -0.39 is 0 Å². The molecule has 0 fully saturated rings. The number of aromatic nitrogens is 2. The third kappa shape index (κ3) is 2.94. The number of nitrogens with zero attached hydrogens (tertiary/aromatic N) is 2. The molecule has 1 unspecified atom stereocenters. The van der Waals surface area contributed by atoms with Gasteiger partial charge in [0.25, 0.3) is 0 Å². The quantitative estimate of drug-likeness (QED) is 0.842. The maximum absolute atomic E-state index is 9.93. The monoisotopic (exact) mass is 216 g/mol. The summed E-state index contributed by atoms with van der Waals surface area (Å²) in [6, 6.07) is 10.0. The van der Waals surface area contributed by atoms with E-state index in [-0.39, 0.29) is 6.10 Å². The third-order valence-corrected chi connectivity index (χ3v) is 2.54. The molecule has 16 heavy (non-hydrogen) atoms. The lowest BCUT2D eigenvalue weighted by Crippen LogP contribution is -2.13. The average Bonchev–Trinajstić information content (AvgIpc) is 2.65. The number of aliphatic hydroxyl groups is 1. The van der Waals surface area contributed by atoms with Crippen LogP contribution in [0.25, 0.3) is 0 Å². The maximum atomic E-state index is 9.93. The van der Waals surface area contributed by atoms with Crippen LogP contribution in [0.3, 0.4) is 0 Å². The van der Waals surface area contributed by atoms with Gasteiger partial charge in [-0.05, 0) is 17.5 Å². The molecular weight excluding hydrogens is 200 g/mol. The van der Waals surface area contributed by atoms with Gasteiger partial charge in [0.15, 0.2) is 0 Å². The molecule has 0 bridgehead atoms. The van der Waals surface area contributed by atoms with E-state index >= 15 is 0 Å². The Bertz CT molecular complexity index is 436. The van der Waals surface area contributed by atoms with Crippen molar-refractivity contribution in [1.82, 2.24) is 9.78 Å². The van der Waals surface area contributed by atoms with Gasteiger partial charge < -0.3 is 5.11 Å². The summed E-state index contributed by atoms with van der Waals surface area (Å²) in [7, 11) is 1.88. The van der Waals surface area contributed by atoms with Crippen molar-refractivity contribution < 1.29 is 5.11 Å². The molecule has 1 aromatic carbocycles. The first-order chi connectivity index (χ1) is 7.74. The molecule has 1 heterocycles. The van der Waals surface area contributed by atoms with Gasteiger partial charge in [-0.25, -0.2) is 0 Å². The van der Waals surface area contributed by atoms with Crippen molar-refractivity contribution in [2.24, 2.45) is 7.05 Å². The Hall–Kier alpha value is -1.61. The molecule has 2 aromatic rings. The van der Waals surface area contributed by atoms with E-state index in [9.17, 15) is 5.11 Å². The molecule has 0 aliphatic carbocycles. The topological polar surface area (TPSA) is 38.0 Å². The molecule has 0 radical (unpaired) electrons. The van der Waals surface area contributed by atoms with E-state index in [0.29, 0.717) is 12.8 Å². The number of aryl methyl sites for hydroxylation is 1. The van der Waals surface area contributed by atoms with E-state index in [1.165, 1.54) is 5.56 Å². The van der Waals surface area contributed by atoms with Crippen LogP contribution in [0.2, 0.25) is 0 Å². The van der Waals surface area contributed by atoms with Gasteiger partial charge in [-0.15, -0.1) is 0 Å². The lowest BCUT2D eigenvalue weighted by Gasteiger charge is -2.08. The highest BCUT2D eigenvalue weighted by molar-refractivity contribution is 5.16. The SMILES string of the molecule is Cn1cc(CC(O)Cc2ccccc2)cn1. The number of benzene rings is 1. The van der Waals surface area contributed by atoms with Gasteiger partial charge in [0.05, 0.1) is 12.3 Å². The molecule has 0 amide bonds. The van der Waals surface area contributed by atoms with Crippen molar-refractivity contribution in [2.45, 2.75) is 18.9 Å². The highest BCUT2D eigenvalue weighted by Crippen LogP contribution is 2.08. The Labute approximate surface area is 95.3 Å². The first-order valence-corrected chi connectivity index (χ1v) is 5.43. The van der Waals surface area contributed by atoms with Crippen molar-refractivity contribution in [1.29, 1.82) is 0 Å². The van der Waals surface area contributed by atoms with Crippen LogP contribution >= 0.6 is 0 Å². The van der Waals surface area contributed by atoms with E-state index in [0.717, 1.165) is 5.56 Å². The standard InChI is InChI=1S/C13H16N2O/c1-15-10-12(9-14-15)8-13(16)7-11-5-3-2-4-6-11/h2-6,9-10,13,16H,7-8H2,1H3. The van der Waals surface area contributed by atoms with Crippen LogP contribution in [0, 0.1) is 0 Å². The van der Waals surface area contributed by atoms with Crippen molar-refractivity contribution >= 4 is 0 Å². The zero-order chi connectivity index (χ0) is 11.4. The summed E-state index contributed by atoms with van der Waals surface area (Å²) >= 11 is 0. The highest BCUT2D eigenvalue weighted by Gasteiger charge is 2.07. The van der Waals surface area contributed by atoms with Crippen LogP contribution < -0.4 is 0 Å². The molecule has 0 spiro atoms. The van der Waals surface area contributed by atoms with Crippen LogP contribution in [0.15, 0.2) is 42.7 Å². The lowest BCUT2D eigenvalue weighted by molar-refractivity contribution is 0.175. The van der Waals surface area contributed by atoms with Crippen molar-refractivity contribution in [3.8, 4) is 0 Å². The van der Waals surface area contributed by atoms with Crippen LogP contribution in [0.1, 0.15) is 11.1 Å². The predicted octanol–water partition coefficient (Wildman–Crippen LogP) is 1.57. The minimum atomic E-state index is -0.341. The van der Waals surface area contributed by atoms with Gasteiger partial charge in [-0.1, -0.05) is 30.3 Å². The summed E-state index contributed by atoms with van der Waals surface area (Å²) in [6.07, 6.45) is 4.74. The van der Waals surface area contributed by atoms with Gasteiger partial charge in [-0.3, -0.25) is 4.68 Å². The molecule has 0 saturated carbocycles. The second kappa shape index (κ2) is 4.94. The summed E-state index contributed by atoms with van der Waals surface area (Å²) in [5.74, 6) is 0. The minimum Gasteiger partial charge on any atom is -0.392 e. The zero-order valence-electron chi connectivity index (χ0n) is 9.37. The van der Waals surface area contributed by atoms with Crippen molar-refractivity contribution in [2.75, 3.05) is 0 Å². The predicted molar refractivity (Wildman–Crippen MR) is 63.1 cm³/mol. The summed E-state index contributed by atoms with van der Waals surface area (Å²) in [4.78, 5) is 0. The molecule has 0 saturated heterocycles. The van der Waals surface area contributed by atoms with Gasteiger partial charge in [-0.2, -0.15) is 5.10 Å². The summed E-state index contributed by atoms with van der Waals surface area (Å²) < 4.78 is 1.75. The Morgan fingerprint density at radius 2 is 1.88 bits per heavy atom. The van der Waals surface area contributed by atoms with Gasteiger partial charge in [0.2, 0.25) is 0 Å².